The molecule has 3 rings (SSSR count). The fourth-order valence-corrected chi connectivity index (χ4v) is 4.43. The number of amides is 2. The number of ether oxygens (including phenoxy) is 1. The van der Waals surface area contributed by atoms with Crippen molar-refractivity contribution in [2.75, 3.05) is 6.61 Å². The Balaban J connectivity index is 1.72. The highest BCUT2D eigenvalue weighted by molar-refractivity contribution is 9.10. The summed E-state index contributed by atoms with van der Waals surface area (Å²) in [6, 6.07) is 13.0. The van der Waals surface area contributed by atoms with Crippen molar-refractivity contribution in [3.63, 3.8) is 0 Å². The number of hydrogen-bond acceptors (Lipinski definition) is 3. The van der Waals surface area contributed by atoms with Crippen molar-refractivity contribution in [1.29, 1.82) is 0 Å². The standard InChI is InChI=1S/C24H28Br2N2O3/c1-16-12-21(10-11-22(16)26)31-15-23(29)28(14-18-6-5-7-19(25)13-18)17(2)24(30)27-20-8-3-4-9-20/h5-7,10-13,17,20H,3-4,8-9,14-15H2,1-2H3,(H,27,30). The Morgan fingerprint density at radius 3 is 2.58 bits per heavy atom. The summed E-state index contributed by atoms with van der Waals surface area (Å²) in [5.74, 6) is 0.281. The maximum absolute atomic E-state index is 13.1. The molecule has 0 aromatic heterocycles. The molecule has 31 heavy (non-hydrogen) atoms. The average molecular weight is 552 g/mol. The lowest BCUT2D eigenvalue weighted by Crippen LogP contribution is -2.50. The van der Waals surface area contributed by atoms with Gasteiger partial charge in [-0.2, -0.15) is 0 Å². The summed E-state index contributed by atoms with van der Waals surface area (Å²) in [5.41, 5.74) is 1.97. The predicted molar refractivity (Wildman–Crippen MR) is 129 cm³/mol. The Labute approximate surface area is 200 Å². The number of carbonyl (C=O) groups excluding carboxylic acids is 2. The molecule has 1 fully saturated rings. The molecule has 1 saturated carbocycles. The molecule has 5 nitrogen and oxygen atoms in total. The highest BCUT2D eigenvalue weighted by Gasteiger charge is 2.28. The first-order valence-electron chi connectivity index (χ1n) is 10.6. The smallest absolute Gasteiger partial charge is 0.261 e. The highest BCUT2D eigenvalue weighted by Crippen LogP contribution is 2.22. The molecule has 0 aliphatic heterocycles. The zero-order chi connectivity index (χ0) is 22.4. The maximum Gasteiger partial charge on any atom is 0.261 e. The average Bonchev–Trinajstić information content (AvgIpc) is 3.25. The molecule has 166 valence electrons. The van der Waals surface area contributed by atoms with Crippen LogP contribution in [-0.4, -0.2) is 35.4 Å². The third kappa shape index (κ3) is 6.81. The SMILES string of the molecule is Cc1cc(OCC(=O)N(Cc2cccc(Br)c2)C(C)C(=O)NC2CCCC2)ccc1Br. The second-order valence-corrected chi connectivity index (χ2v) is 9.79. The number of nitrogens with one attached hydrogen (secondary N) is 1. The Kier molecular flexibility index (Phi) is 8.55. The topological polar surface area (TPSA) is 58.6 Å². The molecular formula is C24H28Br2N2O3. The Bertz CT molecular complexity index is 929. The van der Waals surface area contributed by atoms with Crippen molar-refractivity contribution in [1.82, 2.24) is 10.2 Å². The minimum atomic E-state index is -0.595. The van der Waals surface area contributed by atoms with E-state index < -0.39 is 6.04 Å². The van der Waals surface area contributed by atoms with Crippen molar-refractivity contribution in [3.05, 3.63) is 62.5 Å². The van der Waals surface area contributed by atoms with Gasteiger partial charge in [0.05, 0.1) is 0 Å². The van der Waals surface area contributed by atoms with Gasteiger partial charge in [-0.15, -0.1) is 0 Å². The quantitative estimate of drug-likeness (QED) is 0.479. The number of hydrogen-bond donors (Lipinski definition) is 1. The minimum Gasteiger partial charge on any atom is -0.484 e. The van der Waals surface area contributed by atoms with Gasteiger partial charge in [0, 0.05) is 21.5 Å². The molecule has 2 aromatic carbocycles. The van der Waals surface area contributed by atoms with Gasteiger partial charge in [-0.1, -0.05) is 56.8 Å². The van der Waals surface area contributed by atoms with Gasteiger partial charge in [-0.05, 0) is 68.1 Å². The molecule has 2 aromatic rings. The Morgan fingerprint density at radius 1 is 1.16 bits per heavy atom. The molecular weight excluding hydrogens is 524 g/mol. The van der Waals surface area contributed by atoms with Crippen LogP contribution in [0.3, 0.4) is 0 Å². The van der Waals surface area contributed by atoms with E-state index in [-0.39, 0.29) is 24.5 Å². The Morgan fingerprint density at radius 2 is 1.90 bits per heavy atom. The van der Waals surface area contributed by atoms with E-state index in [1.807, 2.05) is 49.4 Å². The van der Waals surface area contributed by atoms with Crippen LogP contribution < -0.4 is 10.1 Å². The maximum atomic E-state index is 13.1. The largest absolute Gasteiger partial charge is 0.484 e. The van der Waals surface area contributed by atoms with Crippen molar-refractivity contribution in [3.8, 4) is 5.75 Å². The van der Waals surface area contributed by atoms with Crippen LogP contribution in [-0.2, 0) is 16.1 Å². The summed E-state index contributed by atoms with van der Waals surface area (Å²) in [6.07, 6.45) is 4.29. The van der Waals surface area contributed by atoms with E-state index in [4.69, 9.17) is 4.74 Å². The second kappa shape index (κ2) is 11.1. The molecule has 1 aliphatic rings. The van der Waals surface area contributed by atoms with Gasteiger partial charge in [-0.3, -0.25) is 9.59 Å². The lowest BCUT2D eigenvalue weighted by atomic mass is 10.1. The van der Waals surface area contributed by atoms with Crippen molar-refractivity contribution >= 4 is 43.7 Å². The molecule has 1 N–H and O–H groups in total. The summed E-state index contributed by atoms with van der Waals surface area (Å²) in [6.45, 7) is 3.95. The summed E-state index contributed by atoms with van der Waals surface area (Å²) < 4.78 is 7.67. The fraction of sp³-hybridized carbons (Fsp3) is 0.417. The first-order valence-corrected chi connectivity index (χ1v) is 12.2. The number of carbonyl (C=O) groups is 2. The summed E-state index contributed by atoms with van der Waals surface area (Å²) >= 11 is 6.94. The third-order valence-corrected chi connectivity index (χ3v) is 6.99. The molecule has 7 heteroatoms. The number of nitrogens with zero attached hydrogens (tertiary/aromatic N) is 1. The first kappa shape index (κ1) is 23.8. The predicted octanol–water partition coefficient (Wildman–Crippen LogP) is 5.37. The van der Waals surface area contributed by atoms with Gasteiger partial charge >= 0.3 is 0 Å². The van der Waals surface area contributed by atoms with Crippen LogP contribution >= 0.6 is 31.9 Å². The summed E-state index contributed by atoms with van der Waals surface area (Å²) in [5, 5.41) is 3.11. The number of benzene rings is 2. The van der Waals surface area contributed by atoms with Crippen LogP contribution in [0.25, 0.3) is 0 Å². The molecule has 1 aliphatic carbocycles. The van der Waals surface area contributed by atoms with E-state index in [1.54, 1.807) is 11.8 Å². The van der Waals surface area contributed by atoms with Gasteiger partial charge in [-0.25, -0.2) is 0 Å². The molecule has 1 atom stereocenters. The first-order chi connectivity index (χ1) is 14.8. The normalized spacial score (nSPS) is 14.8. The van der Waals surface area contributed by atoms with Crippen molar-refractivity contribution in [2.24, 2.45) is 0 Å². The molecule has 2 amide bonds. The molecule has 1 unspecified atom stereocenters. The number of rotatable bonds is 8. The third-order valence-electron chi connectivity index (χ3n) is 5.60. The van der Waals surface area contributed by atoms with Gasteiger partial charge in [0.25, 0.3) is 5.91 Å². The fourth-order valence-electron chi connectivity index (χ4n) is 3.74. The van der Waals surface area contributed by atoms with Crippen LogP contribution in [0, 0.1) is 6.92 Å². The zero-order valence-electron chi connectivity index (χ0n) is 17.9. The van der Waals surface area contributed by atoms with Crippen molar-refractivity contribution in [2.45, 2.75) is 58.2 Å². The van der Waals surface area contributed by atoms with Gasteiger partial charge < -0.3 is 15.0 Å². The van der Waals surface area contributed by atoms with Crippen LogP contribution in [0.5, 0.6) is 5.75 Å². The zero-order valence-corrected chi connectivity index (χ0v) is 21.0. The summed E-state index contributed by atoms with van der Waals surface area (Å²) in [7, 11) is 0. The van der Waals surface area contributed by atoms with Gasteiger partial charge in [0.15, 0.2) is 6.61 Å². The monoisotopic (exact) mass is 550 g/mol. The van der Waals surface area contributed by atoms with Gasteiger partial charge in [0.2, 0.25) is 5.91 Å². The van der Waals surface area contributed by atoms with E-state index in [0.29, 0.717) is 12.3 Å². The molecule has 0 heterocycles. The van der Waals surface area contributed by atoms with E-state index in [9.17, 15) is 9.59 Å². The van der Waals surface area contributed by atoms with E-state index in [0.717, 1.165) is 45.8 Å². The highest BCUT2D eigenvalue weighted by atomic mass is 79.9. The molecule has 0 spiro atoms. The van der Waals surface area contributed by atoms with Gasteiger partial charge in [0.1, 0.15) is 11.8 Å². The second-order valence-electron chi connectivity index (χ2n) is 8.02. The van der Waals surface area contributed by atoms with Crippen LogP contribution in [0.15, 0.2) is 51.4 Å². The lowest BCUT2D eigenvalue weighted by molar-refractivity contribution is -0.142. The van der Waals surface area contributed by atoms with Crippen LogP contribution in [0.1, 0.15) is 43.7 Å². The van der Waals surface area contributed by atoms with E-state index >= 15 is 0 Å². The minimum absolute atomic E-state index is 0.116. The Hall–Kier alpha value is -1.86. The number of aryl methyl sites for hydroxylation is 1. The van der Waals surface area contributed by atoms with Crippen molar-refractivity contribution < 1.29 is 14.3 Å². The molecule has 0 bridgehead atoms. The van der Waals surface area contributed by atoms with Crippen LogP contribution in [0.2, 0.25) is 0 Å². The van der Waals surface area contributed by atoms with E-state index in [2.05, 4.69) is 37.2 Å². The van der Waals surface area contributed by atoms with Crippen LogP contribution in [0.4, 0.5) is 0 Å². The van der Waals surface area contributed by atoms with E-state index in [1.165, 1.54) is 0 Å². The summed E-state index contributed by atoms with van der Waals surface area (Å²) in [4.78, 5) is 27.6. The number of halogens is 2. The molecule has 0 radical (unpaired) electrons. The lowest BCUT2D eigenvalue weighted by Gasteiger charge is -2.29. The molecule has 0 saturated heterocycles.